The molecule has 0 fully saturated rings. The molecule has 1 aromatic heterocycles. The summed E-state index contributed by atoms with van der Waals surface area (Å²) in [5.74, 6) is -1.02. The standard InChI is InChI=1S/C19H21N3O5/c1-3-26-18(24)17-11(2)21-19(25)22-15(17)10-27-16(23)8-12-9-20-14-7-5-4-6-13(12)14/h4-7,9,11,20H,3,8,10H2,1-2H3,(H2,21,22,25). The molecule has 0 radical (unpaired) electrons. The van der Waals surface area contributed by atoms with Crippen molar-refractivity contribution in [1.82, 2.24) is 15.6 Å². The first-order valence-corrected chi connectivity index (χ1v) is 8.68. The number of hydrogen-bond donors (Lipinski definition) is 3. The van der Waals surface area contributed by atoms with Crippen LogP contribution < -0.4 is 10.6 Å². The number of urea groups is 1. The van der Waals surface area contributed by atoms with E-state index in [1.54, 1.807) is 20.0 Å². The Kier molecular flexibility index (Phi) is 5.44. The van der Waals surface area contributed by atoms with E-state index >= 15 is 0 Å². The highest BCUT2D eigenvalue weighted by molar-refractivity contribution is 5.95. The Hall–Kier alpha value is -3.29. The highest BCUT2D eigenvalue weighted by Gasteiger charge is 2.30. The monoisotopic (exact) mass is 371 g/mol. The topological polar surface area (TPSA) is 110 Å². The molecule has 8 heteroatoms. The third-order valence-corrected chi connectivity index (χ3v) is 4.25. The molecule has 1 aromatic carbocycles. The summed E-state index contributed by atoms with van der Waals surface area (Å²) in [5, 5.41) is 6.06. The van der Waals surface area contributed by atoms with Gasteiger partial charge in [-0.25, -0.2) is 9.59 Å². The molecule has 0 spiro atoms. The number of esters is 2. The van der Waals surface area contributed by atoms with Crippen LogP contribution in [0.25, 0.3) is 10.9 Å². The van der Waals surface area contributed by atoms with Gasteiger partial charge in [0.2, 0.25) is 0 Å². The van der Waals surface area contributed by atoms with Crippen molar-refractivity contribution in [1.29, 1.82) is 0 Å². The molecule has 3 rings (SSSR count). The van der Waals surface area contributed by atoms with Gasteiger partial charge in [-0.1, -0.05) is 18.2 Å². The van der Waals surface area contributed by atoms with E-state index < -0.39 is 24.0 Å². The number of fused-ring (bicyclic) bond motifs is 1. The average Bonchev–Trinajstić information content (AvgIpc) is 3.02. The van der Waals surface area contributed by atoms with Crippen molar-refractivity contribution in [2.75, 3.05) is 13.2 Å². The van der Waals surface area contributed by atoms with E-state index in [1.807, 2.05) is 24.3 Å². The third-order valence-electron chi connectivity index (χ3n) is 4.25. The Labute approximate surface area is 155 Å². The van der Waals surface area contributed by atoms with Crippen LogP contribution in [0.2, 0.25) is 0 Å². The van der Waals surface area contributed by atoms with Crippen LogP contribution in [0.1, 0.15) is 19.4 Å². The zero-order valence-electron chi connectivity index (χ0n) is 15.1. The number of carbonyl (C=O) groups is 3. The van der Waals surface area contributed by atoms with E-state index in [0.717, 1.165) is 16.5 Å². The van der Waals surface area contributed by atoms with Crippen LogP contribution >= 0.6 is 0 Å². The van der Waals surface area contributed by atoms with Gasteiger partial charge in [-0.05, 0) is 25.5 Å². The lowest BCUT2D eigenvalue weighted by atomic mass is 10.0. The van der Waals surface area contributed by atoms with Crippen molar-refractivity contribution >= 4 is 28.9 Å². The van der Waals surface area contributed by atoms with Crippen molar-refractivity contribution in [3.8, 4) is 0 Å². The Morgan fingerprint density at radius 3 is 2.74 bits per heavy atom. The Bertz CT molecular complexity index is 915. The van der Waals surface area contributed by atoms with Gasteiger partial charge < -0.3 is 25.1 Å². The lowest BCUT2D eigenvalue weighted by Crippen LogP contribution is -2.50. The molecule has 1 aliphatic rings. The summed E-state index contributed by atoms with van der Waals surface area (Å²) in [7, 11) is 0. The summed E-state index contributed by atoms with van der Waals surface area (Å²) in [6.45, 7) is 3.35. The molecule has 0 saturated carbocycles. The molecule has 142 valence electrons. The van der Waals surface area contributed by atoms with Gasteiger partial charge in [-0.2, -0.15) is 0 Å². The first-order chi connectivity index (χ1) is 13.0. The molecule has 2 aromatic rings. The van der Waals surface area contributed by atoms with E-state index in [-0.39, 0.29) is 30.9 Å². The van der Waals surface area contributed by atoms with Crippen LogP contribution in [0.15, 0.2) is 41.7 Å². The molecular formula is C19H21N3O5. The van der Waals surface area contributed by atoms with E-state index in [0.29, 0.717) is 0 Å². The fourth-order valence-electron chi connectivity index (χ4n) is 3.03. The van der Waals surface area contributed by atoms with Gasteiger partial charge in [0.1, 0.15) is 6.61 Å². The summed E-state index contributed by atoms with van der Waals surface area (Å²) in [6.07, 6.45) is 1.84. The number of H-pyrrole nitrogens is 1. The lowest BCUT2D eigenvalue weighted by molar-refractivity contribution is -0.143. The summed E-state index contributed by atoms with van der Waals surface area (Å²) < 4.78 is 10.3. The number of para-hydroxylation sites is 1. The van der Waals surface area contributed by atoms with Crippen molar-refractivity contribution in [3.63, 3.8) is 0 Å². The third kappa shape index (κ3) is 4.11. The van der Waals surface area contributed by atoms with E-state index in [4.69, 9.17) is 9.47 Å². The number of benzene rings is 1. The van der Waals surface area contributed by atoms with Crippen LogP contribution in [-0.2, 0) is 25.5 Å². The molecule has 8 nitrogen and oxygen atoms in total. The van der Waals surface area contributed by atoms with Crippen molar-refractivity contribution < 1.29 is 23.9 Å². The van der Waals surface area contributed by atoms with Crippen LogP contribution in [0.3, 0.4) is 0 Å². The molecule has 0 aliphatic carbocycles. The van der Waals surface area contributed by atoms with E-state index in [2.05, 4.69) is 15.6 Å². The average molecular weight is 371 g/mol. The Morgan fingerprint density at radius 2 is 1.96 bits per heavy atom. The number of rotatable bonds is 6. The van der Waals surface area contributed by atoms with E-state index in [9.17, 15) is 14.4 Å². The number of hydrogen-bond acceptors (Lipinski definition) is 5. The van der Waals surface area contributed by atoms with Crippen molar-refractivity contribution in [2.24, 2.45) is 0 Å². The number of aromatic amines is 1. The molecule has 3 N–H and O–H groups in total. The van der Waals surface area contributed by atoms with Crippen LogP contribution in [0.5, 0.6) is 0 Å². The molecule has 2 amide bonds. The maximum atomic E-state index is 12.3. The number of carbonyl (C=O) groups excluding carboxylic acids is 3. The van der Waals surface area contributed by atoms with Crippen LogP contribution in [-0.4, -0.2) is 42.2 Å². The Balaban J connectivity index is 1.71. The number of nitrogens with one attached hydrogen (secondary N) is 3. The van der Waals surface area contributed by atoms with Crippen molar-refractivity contribution in [2.45, 2.75) is 26.3 Å². The predicted octanol–water partition coefficient (Wildman–Crippen LogP) is 1.77. The predicted molar refractivity (Wildman–Crippen MR) is 97.8 cm³/mol. The second-order valence-electron chi connectivity index (χ2n) is 6.13. The van der Waals surface area contributed by atoms with Gasteiger partial charge in [-0.3, -0.25) is 4.79 Å². The molecule has 1 atom stereocenters. The second-order valence-corrected chi connectivity index (χ2v) is 6.13. The minimum Gasteiger partial charge on any atom is -0.463 e. The van der Waals surface area contributed by atoms with Gasteiger partial charge in [0, 0.05) is 17.1 Å². The quantitative estimate of drug-likeness (QED) is 0.671. The van der Waals surface area contributed by atoms with Crippen molar-refractivity contribution in [3.05, 3.63) is 47.3 Å². The summed E-state index contributed by atoms with van der Waals surface area (Å²) in [5.41, 5.74) is 2.23. The smallest absolute Gasteiger partial charge is 0.338 e. The summed E-state index contributed by atoms with van der Waals surface area (Å²) in [6, 6.07) is 6.65. The summed E-state index contributed by atoms with van der Waals surface area (Å²) >= 11 is 0. The molecular weight excluding hydrogens is 350 g/mol. The minimum atomic E-state index is -0.555. The molecule has 1 aliphatic heterocycles. The zero-order valence-corrected chi connectivity index (χ0v) is 15.1. The largest absolute Gasteiger partial charge is 0.463 e. The molecule has 0 bridgehead atoms. The molecule has 1 unspecified atom stereocenters. The van der Waals surface area contributed by atoms with Gasteiger partial charge in [0.15, 0.2) is 0 Å². The fraction of sp³-hybridized carbons (Fsp3) is 0.316. The van der Waals surface area contributed by atoms with Gasteiger partial charge in [0.25, 0.3) is 0 Å². The number of amides is 2. The molecule has 0 saturated heterocycles. The van der Waals surface area contributed by atoms with Gasteiger partial charge in [0.05, 0.1) is 30.3 Å². The fourth-order valence-corrected chi connectivity index (χ4v) is 3.03. The van der Waals surface area contributed by atoms with Gasteiger partial charge in [-0.15, -0.1) is 0 Å². The first-order valence-electron chi connectivity index (χ1n) is 8.68. The zero-order chi connectivity index (χ0) is 19.4. The maximum absolute atomic E-state index is 12.3. The highest BCUT2D eigenvalue weighted by atomic mass is 16.5. The van der Waals surface area contributed by atoms with E-state index in [1.165, 1.54) is 0 Å². The van der Waals surface area contributed by atoms with Gasteiger partial charge >= 0.3 is 18.0 Å². The highest BCUT2D eigenvalue weighted by Crippen LogP contribution is 2.19. The summed E-state index contributed by atoms with van der Waals surface area (Å²) in [4.78, 5) is 39.2. The minimum absolute atomic E-state index is 0.0772. The molecule has 2 heterocycles. The SMILES string of the molecule is CCOC(=O)C1=C(COC(=O)Cc2c[nH]c3ccccc23)NC(=O)NC1C. The maximum Gasteiger partial charge on any atom is 0.338 e. The van der Waals surface area contributed by atoms with Crippen LogP contribution in [0.4, 0.5) is 4.79 Å². The lowest BCUT2D eigenvalue weighted by Gasteiger charge is -2.26. The first kappa shape index (κ1) is 18.5. The normalized spacial score (nSPS) is 16.7. The second kappa shape index (κ2) is 7.94. The number of ether oxygens (including phenoxy) is 2. The number of aromatic nitrogens is 1. The van der Waals surface area contributed by atoms with Crippen LogP contribution in [0, 0.1) is 0 Å². The molecule has 27 heavy (non-hydrogen) atoms. The Morgan fingerprint density at radius 1 is 1.19 bits per heavy atom.